The van der Waals surface area contributed by atoms with E-state index < -0.39 is 11.4 Å². The van der Waals surface area contributed by atoms with Crippen LogP contribution in [0.4, 0.5) is 10.2 Å². The zero-order valence-electron chi connectivity index (χ0n) is 25.1. The normalized spacial score (nSPS) is 15.3. The second-order valence-corrected chi connectivity index (χ2v) is 13.0. The van der Waals surface area contributed by atoms with E-state index in [1.165, 1.54) is 11.0 Å². The van der Waals surface area contributed by atoms with E-state index in [1.807, 2.05) is 41.6 Å². The first kappa shape index (κ1) is 29.5. The lowest BCUT2D eigenvalue weighted by atomic mass is 9.97. The smallest absolute Gasteiger partial charge is 0.273 e. The highest BCUT2D eigenvalue weighted by Crippen LogP contribution is 2.35. The molecule has 1 fully saturated rings. The molecule has 42 heavy (non-hydrogen) atoms. The van der Waals surface area contributed by atoms with E-state index in [-0.39, 0.29) is 22.4 Å². The molecule has 0 atom stereocenters. The van der Waals surface area contributed by atoms with E-state index in [4.69, 9.17) is 16.6 Å². The maximum atomic E-state index is 14.3. The van der Waals surface area contributed by atoms with Gasteiger partial charge in [-0.3, -0.25) is 9.59 Å². The first-order valence-electron chi connectivity index (χ1n) is 13.9. The third-order valence-electron chi connectivity index (χ3n) is 7.70. The summed E-state index contributed by atoms with van der Waals surface area (Å²) in [5, 5.41) is 0.897. The molecule has 1 aliphatic rings. The Kier molecular flexibility index (Phi) is 7.51. The number of amides is 2. The minimum Gasteiger partial charge on any atom is -0.353 e. The van der Waals surface area contributed by atoms with Gasteiger partial charge in [0.1, 0.15) is 23.0 Å². The number of carbonyl (C=O) groups is 2. The molecule has 4 heterocycles. The Balaban J connectivity index is 1.43. The van der Waals surface area contributed by atoms with Crippen LogP contribution in [0.3, 0.4) is 0 Å². The number of hydrogen-bond donors (Lipinski definition) is 0. The summed E-state index contributed by atoms with van der Waals surface area (Å²) in [7, 11) is 3.42. The van der Waals surface area contributed by atoms with Crippen molar-refractivity contribution in [1.29, 1.82) is 0 Å². The summed E-state index contributed by atoms with van der Waals surface area (Å²) in [6, 6.07) is 12.0. The van der Waals surface area contributed by atoms with Gasteiger partial charge in [-0.25, -0.2) is 14.4 Å². The summed E-state index contributed by atoms with van der Waals surface area (Å²) in [5.74, 6) is 0.0286. The van der Waals surface area contributed by atoms with Crippen LogP contribution in [0.25, 0.3) is 22.2 Å². The van der Waals surface area contributed by atoms with Crippen molar-refractivity contribution in [2.24, 2.45) is 0 Å². The molecule has 0 saturated carbocycles. The van der Waals surface area contributed by atoms with E-state index in [0.717, 1.165) is 16.8 Å². The average molecular weight is 591 g/mol. The van der Waals surface area contributed by atoms with Crippen molar-refractivity contribution >= 4 is 40.3 Å². The minimum atomic E-state index is -0.510. The predicted octanol–water partition coefficient (Wildman–Crippen LogP) is 6.09. The summed E-state index contributed by atoms with van der Waals surface area (Å²) in [5.41, 5.74) is 2.21. The van der Waals surface area contributed by atoms with Crippen molar-refractivity contribution in [3.8, 4) is 11.1 Å². The van der Waals surface area contributed by atoms with Crippen molar-refractivity contribution < 1.29 is 14.0 Å². The summed E-state index contributed by atoms with van der Waals surface area (Å²) >= 11 is 5.93. The largest absolute Gasteiger partial charge is 0.353 e. The van der Waals surface area contributed by atoms with Crippen molar-refractivity contribution in [3.63, 3.8) is 0 Å². The molecule has 0 bridgehead atoms. The van der Waals surface area contributed by atoms with Gasteiger partial charge in [0.2, 0.25) is 0 Å². The van der Waals surface area contributed by atoms with E-state index >= 15 is 0 Å². The second-order valence-electron chi connectivity index (χ2n) is 12.6. The molecule has 8 nitrogen and oxygen atoms in total. The van der Waals surface area contributed by atoms with Crippen LogP contribution in [0.5, 0.6) is 0 Å². The van der Waals surface area contributed by atoms with E-state index in [9.17, 15) is 14.0 Å². The van der Waals surface area contributed by atoms with Gasteiger partial charge in [-0.15, -0.1) is 0 Å². The fourth-order valence-electron chi connectivity index (χ4n) is 5.45. The molecule has 1 aliphatic heterocycles. The Morgan fingerprint density at radius 3 is 2.38 bits per heavy atom. The highest BCUT2D eigenvalue weighted by Gasteiger charge is 2.38. The Labute approximate surface area is 250 Å². The van der Waals surface area contributed by atoms with Crippen LogP contribution in [-0.4, -0.2) is 75.4 Å². The van der Waals surface area contributed by atoms with E-state index in [2.05, 4.69) is 30.7 Å². The lowest BCUT2D eigenvalue weighted by Crippen LogP contribution is -2.61. The van der Waals surface area contributed by atoms with E-state index in [1.54, 1.807) is 44.6 Å². The Morgan fingerprint density at radius 2 is 1.79 bits per heavy atom. The number of aromatic nitrogens is 3. The molecular weight excluding hydrogens is 555 g/mol. The molecule has 3 aromatic heterocycles. The molecule has 220 valence electrons. The van der Waals surface area contributed by atoms with Crippen molar-refractivity contribution in [2.45, 2.75) is 45.7 Å². The number of nitrogens with zero attached hydrogens (tertiary/aromatic N) is 6. The maximum Gasteiger partial charge on any atom is 0.273 e. The number of benzene rings is 1. The molecule has 4 aromatic rings. The number of pyridine rings is 2. The first-order chi connectivity index (χ1) is 19.7. The first-order valence-corrected chi connectivity index (χ1v) is 14.3. The zero-order chi connectivity index (χ0) is 30.6. The monoisotopic (exact) mass is 590 g/mol. The highest BCUT2D eigenvalue weighted by atomic mass is 35.5. The lowest BCUT2D eigenvalue weighted by Gasteiger charge is -2.47. The van der Waals surface area contributed by atoms with Gasteiger partial charge in [0.25, 0.3) is 11.8 Å². The number of fused-ring (bicyclic) bond motifs is 1. The van der Waals surface area contributed by atoms with Gasteiger partial charge in [0.15, 0.2) is 0 Å². The van der Waals surface area contributed by atoms with Gasteiger partial charge in [0, 0.05) is 62.6 Å². The SMILES string of the molecule is CN(C)C(=O)c1ccc(N2CCN(C(=O)c3ccc4c(-c5ccc(Cl)c(F)c5)cn(C(C)(C)C)c4n3)C(C)(C)C2)nc1. The van der Waals surface area contributed by atoms with Crippen LogP contribution in [0, 0.1) is 5.82 Å². The molecular formula is C32H36ClFN6O2. The minimum absolute atomic E-state index is 0.0688. The van der Waals surface area contributed by atoms with Crippen LogP contribution in [0.15, 0.2) is 54.9 Å². The topological polar surface area (TPSA) is 74.6 Å². The average Bonchev–Trinajstić information content (AvgIpc) is 3.33. The molecule has 0 aliphatic carbocycles. The molecule has 1 aromatic carbocycles. The van der Waals surface area contributed by atoms with Crippen molar-refractivity contribution in [1.82, 2.24) is 24.3 Å². The third kappa shape index (κ3) is 5.45. The van der Waals surface area contributed by atoms with Crippen LogP contribution in [0.2, 0.25) is 5.02 Å². The Morgan fingerprint density at radius 1 is 1.05 bits per heavy atom. The summed E-state index contributed by atoms with van der Waals surface area (Å²) in [6.45, 7) is 11.9. The van der Waals surface area contributed by atoms with Crippen molar-refractivity contribution in [2.75, 3.05) is 38.6 Å². The Bertz CT molecular complexity index is 1670. The van der Waals surface area contributed by atoms with E-state index in [0.29, 0.717) is 42.1 Å². The summed E-state index contributed by atoms with van der Waals surface area (Å²) in [4.78, 5) is 41.1. The summed E-state index contributed by atoms with van der Waals surface area (Å²) < 4.78 is 16.4. The number of piperazine rings is 1. The van der Waals surface area contributed by atoms with Crippen LogP contribution in [-0.2, 0) is 5.54 Å². The highest BCUT2D eigenvalue weighted by molar-refractivity contribution is 6.30. The van der Waals surface area contributed by atoms with Crippen molar-refractivity contribution in [3.05, 3.63) is 77.0 Å². The molecule has 0 radical (unpaired) electrons. The predicted molar refractivity (Wildman–Crippen MR) is 165 cm³/mol. The standard InChI is InChI=1S/C32H36ClFN6O2/c1-31(2,3)40-18-23(20-8-11-24(33)25(34)16-20)22-10-12-26(36-28(22)40)30(42)39-15-14-38(19-32(39,4)5)27-13-9-21(17-35-27)29(41)37(6)7/h8-13,16-18H,14-15,19H2,1-7H3. The van der Waals surface area contributed by atoms with Gasteiger partial charge in [-0.05, 0) is 76.6 Å². The molecule has 10 heteroatoms. The maximum absolute atomic E-state index is 14.3. The number of halogens is 2. The van der Waals surface area contributed by atoms with Gasteiger partial charge >= 0.3 is 0 Å². The van der Waals surface area contributed by atoms with Gasteiger partial charge in [-0.1, -0.05) is 17.7 Å². The van der Waals surface area contributed by atoms with Crippen LogP contribution >= 0.6 is 11.6 Å². The lowest BCUT2D eigenvalue weighted by molar-refractivity contribution is 0.0507. The quantitative estimate of drug-likeness (QED) is 0.288. The number of anilines is 1. The van der Waals surface area contributed by atoms with Gasteiger partial charge < -0.3 is 19.3 Å². The number of hydrogen-bond acceptors (Lipinski definition) is 5. The molecule has 5 rings (SSSR count). The summed E-state index contributed by atoms with van der Waals surface area (Å²) in [6.07, 6.45) is 3.56. The molecule has 0 unspecified atom stereocenters. The molecule has 0 N–H and O–H groups in total. The molecule has 1 saturated heterocycles. The van der Waals surface area contributed by atoms with Gasteiger partial charge in [-0.2, -0.15) is 0 Å². The zero-order valence-corrected chi connectivity index (χ0v) is 25.8. The van der Waals surface area contributed by atoms with Crippen LogP contribution in [0.1, 0.15) is 55.5 Å². The van der Waals surface area contributed by atoms with Gasteiger partial charge in [0.05, 0.1) is 16.1 Å². The fraction of sp³-hybridized carbons (Fsp3) is 0.375. The van der Waals surface area contributed by atoms with Crippen LogP contribution < -0.4 is 4.90 Å². The molecule has 2 amide bonds. The third-order valence-corrected chi connectivity index (χ3v) is 8.00. The fourth-order valence-corrected chi connectivity index (χ4v) is 5.57. The molecule has 0 spiro atoms. The number of carbonyl (C=O) groups excluding carboxylic acids is 2. The number of rotatable bonds is 4. The Hall–Kier alpha value is -3.98. The second kappa shape index (κ2) is 10.7.